The lowest BCUT2D eigenvalue weighted by molar-refractivity contribution is -0.139. The third kappa shape index (κ3) is 34.5. The monoisotopic (exact) mass is 1520 g/mol. The Morgan fingerprint density at radius 1 is 0.519 bits per heavy atom. The largest absolute Gasteiger partial charge is 0.481 e. The molecule has 39 nitrogen and oxygen atoms in total. The minimum Gasteiger partial charge on any atom is -0.481 e. The molecule has 0 radical (unpaired) electrons. The summed E-state index contributed by atoms with van der Waals surface area (Å²) in [5.41, 5.74) is 34.3. The third-order valence-electron chi connectivity index (χ3n) is 17.2. The van der Waals surface area contributed by atoms with Gasteiger partial charge in [-0.05, 0) is 106 Å². The predicted octanol–water partition coefficient (Wildman–Crippen LogP) is -5.22. The standard InChI is InChI=1S/C69H113N21O18/c1-10-38(8)57(68(108)86-48(29-35(2)3)64(104)82-43(58(73)98)22-24-51(71)93)90-62(102)46(19-13-14-27-76-34-91)83-61(101)45(20-15-26-70)81-53(95)33-79-59(99)50(31-52(72)94)87-67(107)56(37(6)7)88-63(103)47(23-25-54(96)97)84-66(106)55(36(4)5)89-65(105)49(30-40-32-78-42-18-12-11-17-41(40)42)85-60(100)44(80-39(9)92)21-16-28-77-69(74)75/h11-12,17-18,32,34-38,43-50,55-57,78H,10,13-16,19-31,33,70H2,1-9H3,(H2,71,93)(H2,72,94)(H2,73,98)(H,76,91)(H,79,99)(H,80,92)(H,81,95)(H,82,104)(H,83,101)(H,84,106)(H,85,100)(H,86,108)(H,87,107)(H,88,103)(H,89,105)(H,90,102)(H,96,97)(H4,74,75,77)/t38-,43-,44-,45-,46-,47-,48-,49-,50-,55-,56-,57-/m0/s1. The van der Waals surface area contributed by atoms with Gasteiger partial charge in [-0.1, -0.05) is 80.0 Å². The number of rotatable bonds is 53. The summed E-state index contributed by atoms with van der Waals surface area (Å²) in [6.07, 6.45) is 0.436. The van der Waals surface area contributed by atoms with E-state index < -0.39 is 205 Å². The first kappa shape index (κ1) is 93.1. The van der Waals surface area contributed by atoms with Crippen molar-refractivity contribution >= 4 is 118 Å². The molecule has 0 fully saturated rings. The van der Waals surface area contributed by atoms with Gasteiger partial charge in [-0.3, -0.25) is 86.5 Å². The Hall–Kier alpha value is -11.0. The Kier molecular flexibility index (Phi) is 41.6. The highest BCUT2D eigenvalue weighted by molar-refractivity contribution is 6.00. The summed E-state index contributed by atoms with van der Waals surface area (Å²) in [7, 11) is 0. The quantitative estimate of drug-likeness (QED) is 0.0127. The van der Waals surface area contributed by atoms with Crippen LogP contribution in [0.15, 0.2) is 35.5 Å². The summed E-state index contributed by atoms with van der Waals surface area (Å²) in [5, 5.41) is 43.3. The number of fused-ring (bicyclic) bond motifs is 1. The van der Waals surface area contributed by atoms with Crippen molar-refractivity contribution in [1.82, 2.24) is 74.1 Å². The van der Waals surface area contributed by atoms with Crippen LogP contribution >= 0.6 is 0 Å². The number of aromatic nitrogens is 1. The summed E-state index contributed by atoms with van der Waals surface area (Å²) in [6, 6.07) is -8.84. The Morgan fingerprint density at radius 3 is 1.54 bits per heavy atom. The zero-order chi connectivity index (χ0) is 81.5. The fourth-order valence-corrected chi connectivity index (χ4v) is 11.1. The molecule has 1 aromatic carbocycles. The van der Waals surface area contributed by atoms with Gasteiger partial charge in [-0.15, -0.1) is 0 Å². The van der Waals surface area contributed by atoms with E-state index in [0.29, 0.717) is 35.7 Å². The van der Waals surface area contributed by atoms with E-state index in [2.05, 4.69) is 79.1 Å². The number of nitrogens with one attached hydrogen (secondary N) is 14. The number of primary amides is 3. The van der Waals surface area contributed by atoms with Crippen LogP contribution in [-0.4, -0.2) is 210 Å². The number of carboxylic acids is 1. The number of nitrogens with two attached hydrogens (primary N) is 6. The average molecular weight is 1520 g/mol. The van der Waals surface area contributed by atoms with Gasteiger partial charge in [-0.25, -0.2) is 0 Å². The number of aliphatic imine (C=N–C) groups is 1. The van der Waals surface area contributed by atoms with Crippen LogP contribution in [0.3, 0.4) is 0 Å². The number of carbonyl (C=O) groups is 17. The number of unbranched alkanes of at least 4 members (excludes halogenated alkanes) is 1. The van der Waals surface area contributed by atoms with Gasteiger partial charge in [0.25, 0.3) is 0 Å². The Bertz CT molecular complexity index is 3450. The van der Waals surface area contributed by atoms with E-state index in [1.165, 1.54) is 20.8 Å². The highest BCUT2D eigenvalue weighted by atomic mass is 16.4. The van der Waals surface area contributed by atoms with Crippen LogP contribution in [0.5, 0.6) is 0 Å². The van der Waals surface area contributed by atoms with Crippen LogP contribution in [0.4, 0.5) is 0 Å². The number of carbonyl (C=O) groups excluding carboxylic acids is 16. The smallest absolute Gasteiger partial charge is 0.303 e. The second-order valence-corrected chi connectivity index (χ2v) is 27.4. The molecule has 1 heterocycles. The molecule has 0 aliphatic heterocycles. The molecule has 602 valence electrons. The molecule has 1 aromatic heterocycles. The fraction of sp³-hybridized carbons (Fsp3) is 0.623. The highest BCUT2D eigenvalue weighted by Gasteiger charge is 2.39. The summed E-state index contributed by atoms with van der Waals surface area (Å²) >= 11 is 0. The zero-order valence-electron chi connectivity index (χ0n) is 62.9. The van der Waals surface area contributed by atoms with Crippen molar-refractivity contribution in [2.75, 3.05) is 26.2 Å². The fourth-order valence-electron chi connectivity index (χ4n) is 11.1. The molecular formula is C69H113N21O18. The molecule has 108 heavy (non-hydrogen) atoms. The van der Waals surface area contributed by atoms with Crippen molar-refractivity contribution in [1.29, 1.82) is 0 Å². The third-order valence-corrected chi connectivity index (χ3v) is 17.2. The molecule has 39 heteroatoms. The lowest BCUT2D eigenvalue weighted by atomic mass is 9.96. The predicted molar refractivity (Wildman–Crippen MR) is 395 cm³/mol. The highest BCUT2D eigenvalue weighted by Crippen LogP contribution is 2.21. The molecular weight excluding hydrogens is 1410 g/mol. The van der Waals surface area contributed by atoms with Crippen LogP contribution < -0.4 is 104 Å². The molecule has 0 unspecified atom stereocenters. The molecule has 0 aliphatic carbocycles. The summed E-state index contributed by atoms with van der Waals surface area (Å²) in [6.45, 7) is 13.6. The zero-order valence-corrected chi connectivity index (χ0v) is 62.9. The average Bonchev–Trinajstić information content (AvgIpc) is 1.63. The Balaban J connectivity index is 2.42. The number of benzene rings is 1. The van der Waals surface area contributed by atoms with Gasteiger partial charge < -0.3 is 114 Å². The first-order chi connectivity index (χ1) is 50.8. The van der Waals surface area contributed by atoms with Gasteiger partial charge in [0, 0.05) is 56.4 Å². The molecule has 0 saturated carbocycles. The number of H-pyrrole nitrogens is 1. The van der Waals surface area contributed by atoms with Gasteiger partial charge in [0.2, 0.25) is 95.0 Å². The number of para-hydroxylation sites is 1. The number of hydrogen-bond donors (Lipinski definition) is 21. The molecule has 0 saturated heterocycles. The van der Waals surface area contributed by atoms with Crippen molar-refractivity contribution in [3.05, 3.63) is 36.0 Å². The number of nitrogens with zero attached hydrogens (tertiary/aromatic N) is 1. The van der Waals surface area contributed by atoms with Crippen molar-refractivity contribution in [3.63, 3.8) is 0 Å². The van der Waals surface area contributed by atoms with E-state index in [4.69, 9.17) is 34.4 Å². The van der Waals surface area contributed by atoms with E-state index in [1.807, 2.05) is 0 Å². The van der Waals surface area contributed by atoms with E-state index in [-0.39, 0.29) is 95.7 Å². The van der Waals surface area contributed by atoms with Gasteiger partial charge in [-0.2, -0.15) is 0 Å². The molecule has 27 N–H and O–H groups in total. The Labute approximate surface area is 626 Å². The maximum Gasteiger partial charge on any atom is 0.303 e. The van der Waals surface area contributed by atoms with Crippen molar-refractivity contribution in [3.8, 4) is 0 Å². The van der Waals surface area contributed by atoms with Crippen LogP contribution in [0.2, 0.25) is 0 Å². The van der Waals surface area contributed by atoms with Crippen LogP contribution in [0.1, 0.15) is 158 Å². The number of hydrogen-bond acceptors (Lipinski definition) is 19. The summed E-state index contributed by atoms with van der Waals surface area (Å²) < 4.78 is 0. The maximum atomic E-state index is 14.5. The number of aromatic amines is 1. The van der Waals surface area contributed by atoms with Crippen LogP contribution in [0.25, 0.3) is 10.9 Å². The number of aliphatic carboxylic acids is 1. The van der Waals surface area contributed by atoms with Gasteiger partial charge >= 0.3 is 5.97 Å². The lowest BCUT2D eigenvalue weighted by Gasteiger charge is -2.30. The number of carboxylic acid groups (broad SMARTS) is 1. The van der Waals surface area contributed by atoms with Crippen LogP contribution in [-0.2, 0) is 87.9 Å². The maximum absolute atomic E-state index is 14.5. The molecule has 0 aliphatic rings. The van der Waals surface area contributed by atoms with E-state index in [9.17, 15) is 86.6 Å². The number of guanidine groups is 1. The van der Waals surface area contributed by atoms with Crippen molar-refractivity contribution < 1.29 is 86.6 Å². The summed E-state index contributed by atoms with van der Waals surface area (Å²) in [4.78, 5) is 234. The van der Waals surface area contributed by atoms with Crippen LogP contribution in [0, 0.1) is 23.7 Å². The SMILES string of the molecule is CC[C@H](C)[C@H](NC(=O)[C@H](CCCCNC=O)NC(=O)[C@H](CCCN)NC(=O)CNC(=O)[C@H](CC(N)=O)NC(=O)[C@@H](NC(=O)[C@H](CCC(=O)O)NC(=O)[C@@H](NC(=O)[C@H](Cc1c[nH]c2ccccc12)NC(=O)[C@H](CCCN=C(N)N)NC(C)=O)C(C)C)C(C)C)C(=O)N[C@@H](CC(C)C)C(=O)N[C@@H](CCC(N)=O)C(N)=O. The van der Waals surface area contributed by atoms with E-state index in [1.54, 1.807) is 72.0 Å². The van der Waals surface area contributed by atoms with Gasteiger partial charge in [0.15, 0.2) is 5.96 Å². The molecule has 16 amide bonds. The van der Waals surface area contributed by atoms with Gasteiger partial charge in [0.1, 0.15) is 66.5 Å². The first-order valence-electron chi connectivity index (χ1n) is 36.0. The minimum atomic E-state index is -1.83. The second-order valence-electron chi connectivity index (χ2n) is 27.4. The molecule has 12 atom stereocenters. The minimum absolute atomic E-state index is 0.0132. The topological polar surface area (TPSA) is 651 Å². The first-order valence-corrected chi connectivity index (χ1v) is 36.0. The normalized spacial score (nSPS) is 14.5. The van der Waals surface area contributed by atoms with Gasteiger partial charge in [0.05, 0.1) is 13.0 Å². The Morgan fingerprint density at radius 2 is 1.00 bits per heavy atom. The molecule has 0 bridgehead atoms. The van der Waals surface area contributed by atoms with E-state index in [0.717, 1.165) is 0 Å². The molecule has 0 spiro atoms. The summed E-state index contributed by atoms with van der Waals surface area (Å²) in [5.74, 6) is -17.8. The lowest BCUT2D eigenvalue weighted by Crippen LogP contribution is -2.61. The number of amides is 16. The second kappa shape index (κ2) is 48.2. The van der Waals surface area contributed by atoms with Crippen molar-refractivity contribution in [2.45, 2.75) is 225 Å². The molecule has 2 rings (SSSR count). The van der Waals surface area contributed by atoms with Crippen molar-refractivity contribution in [2.24, 2.45) is 63.1 Å². The van der Waals surface area contributed by atoms with E-state index >= 15 is 0 Å². The molecule has 2 aromatic rings.